The first-order valence-electron chi connectivity index (χ1n) is 8.23. The van der Waals surface area contributed by atoms with Gasteiger partial charge in [0.15, 0.2) is 6.61 Å². The summed E-state index contributed by atoms with van der Waals surface area (Å²) in [6.07, 6.45) is 1.53. The monoisotopic (exact) mass is 380 g/mol. The standard InChI is InChI=1S/C21H17ClN2O3/c22-19-11-4-5-12-20(19)26-15-21(25)24-23-14-16-7-6-10-18(13-16)27-17-8-2-1-3-9-17/h1-14H,15H2,(H,24,25). The maximum atomic E-state index is 11.8. The summed E-state index contributed by atoms with van der Waals surface area (Å²) >= 11 is 5.97. The van der Waals surface area contributed by atoms with Crippen molar-refractivity contribution in [3.63, 3.8) is 0 Å². The first-order valence-corrected chi connectivity index (χ1v) is 8.61. The first-order chi connectivity index (χ1) is 13.2. The van der Waals surface area contributed by atoms with Crippen molar-refractivity contribution in [2.24, 2.45) is 5.10 Å². The molecule has 0 radical (unpaired) electrons. The second-order valence-electron chi connectivity index (χ2n) is 5.50. The molecular weight excluding hydrogens is 364 g/mol. The van der Waals surface area contributed by atoms with E-state index >= 15 is 0 Å². The zero-order valence-electron chi connectivity index (χ0n) is 14.3. The van der Waals surface area contributed by atoms with Crippen LogP contribution in [0.25, 0.3) is 0 Å². The second-order valence-corrected chi connectivity index (χ2v) is 5.91. The average molecular weight is 381 g/mol. The molecule has 136 valence electrons. The lowest BCUT2D eigenvalue weighted by Gasteiger charge is -2.06. The third-order valence-electron chi connectivity index (χ3n) is 3.44. The van der Waals surface area contributed by atoms with Gasteiger partial charge in [0.2, 0.25) is 0 Å². The predicted octanol–water partition coefficient (Wildman–Crippen LogP) is 4.66. The van der Waals surface area contributed by atoms with Crippen LogP contribution in [0.2, 0.25) is 5.02 Å². The number of nitrogens with one attached hydrogen (secondary N) is 1. The average Bonchev–Trinajstić information content (AvgIpc) is 2.68. The lowest BCUT2D eigenvalue weighted by atomic mass is 10.2. The third kappa shape index (κ3) is 5.87. The van der Waals surface area contributed by atoms with Crippen LogP contribution >= 0.6 is 11.6 Å². The van der Waals surface area contributed by atoms with Crippen LogP contribution in [0.1, 0.15) is 5.56 Å². The van der Waals surface area contributed by atoms with E-state index in [0.29, 0.717) is 16.5 Å². The molecule has 0 atom stereocenters. The van der Waals surface area contributed by atoms with Crippen molar-refractivity contribution < 1.29 is 14.3 Å². The molecule has 0 aliphatic carbocycles. The highest BCUT2D eigenvalue weighted by Crippen LogP contribution is 2.23. The van der Waals surface area contributed by atoms with E-state index in [1.807, 2.05) is 54.6 Å². The number of para-hydroxylation sites is 2. The fraction of sp³-hybridized carbons (Fsp3) is 0.0476. The molecule has 0 aliphatic rings. The Hall–Kier alpha value is -3.31. The van der Waals surface area contributed by atoms with E-state index in [1.54, 1.807) is 24.3 Å². The Balaban J connectivity index is 1.51. The summed E-state index contributed by atoms with van der Waals surface area (Å²) in [5, 5.41) is 4.38. The summed E-state index contributed by atoms with van der Waals surface area (Å²) in [6.45, 7) is -0.182. The summed E-state index contributed by atoms with van der Waals surface area (Å²) in [6, 6.07) is 23.8. The Morgan fingerprint density at radius 1 is 0.963 bits per heavy atom. The Morgan fingerprint density at radius 2 is 1.70 bits per heavy atom. The van der Waals surface area contributed by atoms with Crippen molar-refractivity contribution in [3.05, 3.63) is 89.4 Å². The minimum absolute atomic E-state index is 0.182. The van der Waals surface area contributed by atoms with Gasteiger partial charge < -0.3 is 9.47 Å². The predicted molar refractivity (Wildman–Crippen MR) is 106 cm³/mol. The number of amides is 1. The molecular formula is C21H17ClN2O3. The van der Waals surface area contributed by atoms with Gasteiger partial charge in [-0.3, -0.25) is 4.79 Å². The Bertz CT molecular complexity index is 929. The van der Waals surface area contributed by atoms with Crippen LogP contribution in [-0.4, -0.2) is 18.7 Å². The molecule has 0 aromatic heterocycles. The minimum atomic E-state index is -0.386. The number of ether oxygens (including phenoxy) is 2. The van der Waals surface area contributed by atoms with Crippen molar-refractivity contribution in [2.75, 3.05) is 6.61 Å². The molecule has 6 heteroatoms. The number of hydrogen-bond donors (Lipinski definition) is 1. The summed E-state index contributed by atoms with van der Waals surface area (Å²) in [5.41, 5.74) is 3.20. The number of benzene rings is 3. The second kappa shape index (κ2) is 9.40. The molecule has 1 amide bonds. The Kier molecular flexibility index (Phi) is 6.44. The molecule has 1 N–H and O–H groups in total. The lowest BCUT2D eigenvalue weighted by Crippen LogP contribution is -2.24. The van der Waals surface area contributed by atoms with Crippen LogP contribution in [0, 0.1) is 0 Å². The molecule has 0 fully saturated rings. The smallest absolute Gasteiger partial charge is 0.277 e. The molecule has 0 aliphatic heterocycles. The van der Waals surface area contributed by atoms with Gasteiger partial charge >= 0.3 is 0 Å². The van der Waals surface area contributed by atoms with Gasteiger partial charge in [-0.05, 0) is 42.0 Å². The topological polar surface area (TPSA) is 59.9 Å². The molecule has 3 aromatic carbocycles. The molecule has 27 heavy (non-hydrogen) atoms. The summed E-state index contributed by atoms with van der Waals surface area (Å²) < 4.78 is 11.1. The molecule has 0 saturated carbocycles. The van der Waals surface area contributed by atoms with E-state index in [9.17, 15) is 4.79 Å². The Labute approximate surface area is 162 Å². The van der Waals surface area contributed by atoms with Gasteiger partial charge in [-0.15, -0.1) is 0 Å². The maximum Gasteiger partial charge on any atom is 0.277 e. The van der Waals surface area contributed by atoms with Crippen LogP contribution in [0.3, 0.4) is 0 Å². The normalized spacial score (nSPS) is 10.6. The van der Waals surface area contributed by atoms with Crippen molar-refractivity contribution in [3.8, 4) is 17.2 Å². The van der Waals surface area contributed by atoms with Gasteiger partial charge in [0.25, 0.3) is 5.91 Å². The number of carbonyl (C=O) groups excluding carboxylic acids is 1. The number of hydrogen-bond acceptors (Lipinski definition) is 4. The van der Waals surface area contributed by atoms with Crippen LogP contribution in [0.4, 0.5) is 0 Å². The number of rotatable bonds is 7. The zero-order chi connectivity index (χ0) is 18.9. The molecule has 0 unspecified atom stereocenters. The quantitative estimate of drug-likeness (QED) is 0.479. The van der Waals surface area contributed by atoms with Crippen LogP contribution in [-0.2, 0) is 4.79 Å². The molecule has 5 nitrogen and oxygen atoms in total. The lowest BCUT2D eigenvalue weighted by molar-refractivity contribution is -0.123. The van der Waals surface area contributed by atoms with Crippen molar-refractivity contribution in [1.29, 1.82) is 0 Å². The van der Waals surface area contributed by atoms with Crippen molar-refractivity contribution in [1.82, 2.24) is 5.43 Å². The molecule has 3 rings (SSSR count). The summed E-state index contributed by atoms with van der Waals surface area (Å²) in [4.78, 5) is 11.8. The number of halogens is 1. The first kappa shape index (κ1) is 18.5. The number of hydrazone groups is 1. The molecule has 0 heterocycles. The van der Waals surface area contributed by atoms with E-state index in [4.69, 9.17) is 21.1 Å². The van der Waals surface area contributed by atoms with Gasteiger partial charge in [0.05, 0.1) is 11.2 Å². The van der Waals surface area contributed by atoms with E-state index in [1.165, 1.54) is 6.21 Å². The van der Waals surface area contributed by atoms with Gasteiger partial charge in [-0.25, -0.2) is 5.43 Å². The fourth-order valence-electron chi connectivity index (χ4n) is 2.20. The Morgan fingerprint density at radius 3 is 2.52 bits per heavy atom. The van der Waals surface area contributed by atoms with Gasteiger partial charge in [-0.1, -0.05) is 54.1 Å². The highest BCUT2D eigenvalue weighted by Gasteiger charge is 2.04. The number of carbonyl (C=O) groups is 1. The van der Waals surface area contributed by atoms with Crippen LogP contribution < -0.4 is 14.9 Å². The van der Waals surface area contributed by atoms with Gasteiger partial charge in [-0.2, -0.15) is 5.10 Å². The van der Waals surface area contributed by atoms with Crippen molar-refractivity contribution >= 4 is 23.7 Å². The van der Waals surface area contributed by atoms with E-state index in [0.717, 1.165) is 11.3 Å². The summed E-state index contributed by atoms with van der Waals surface area (Å²) in [7, 11) is 0. The molecule has 0 bridgehead atoms. The third-order valence-corrected chi connectivity index (χ3v) is 3.75. The van der Waals surface area contributed by atoms with Crippen LogP contribution in [0.15, 0.2) is 84.0 Å². The van der Waals surface area contributed by atoms with E-state index in [2.05, 4.69) is 10.5 Å². The molecule has 0 saturated heterocycles. The zero-order valence-corrected chi connectivity index (χ0v) is 15.1. The van der Waals surface area contributed by atoms with Gasteiger partial charge in [0, 0.05) is 0 Å². The fourth-order valence-corrected chi connectivity index (χ4v) is 2.39. The molecule has 3 aromatic rings. The maximum absolute atomic E-state index is 11.8. The van der Waals surface area contributed by atoms with Crippen molar-refractivity contribution in [2.45, 2.75) is 0 Å². The number of nitrogens with zero attached hydrogens (tertiary/aromatic N) is 1. The summed E-state index contributed by atoms with van der Waals surface area (Å²) in [5.74, 6) is 1.49. The largest absolute Gasteiger partial charge is 0.482 e. The van der Waals surface area contributed by atoms with Gasteiger partial charge in [0.1, 0.15) is 17.2 Å². The minimum Gasteiger partial charge on any atom is -0.482 e. The SMILES string of the molecule is O=C(COc1ccccc1Cl)NN=Cc1cccc(Oc2ccccc2)c1. The van der Waals surface area contributed by atoms with E-state index in [-0.39, 0.29) is 12.5 Å². The van der Waals surface area contributed by atoms with E-state index < -0.39 is 0 Å². The highest BCUT2D eigenvalue weighted by molar-refractivity contribution is 6.32. The molecule has 0 spiro atoms. The van der Waals surface area contributed by atoms with Crippen LogP contribution in [0.5, 0.6) is 17.2 Å². The highest BCUT2D eigenvalue weighted by atomic mass is 35.5.